The molecule has 0 saturated carbocycles. The van der Waals surface area contributed by atoms with E-state index in [1.807, 2.05) is 6.92 Å². The topological polar surface area (TPSA) is 67.4 Å². The van der Waals surface area contributed by atoms with Gasteiger partial charge in [-0.25, -0.2) is 9.59 Å². The molecule has 7 heteroatoms. The maximum absolute atomic E-state index is 12.4. The number of amides is 2. The largest absolute Gasteiger partial charge is 0.462 e. The van der Waals surface area contributed by atoms with Crippen molar-refractivity contribution in [1.82, 2.24) is 10.6 Å². The zero-order valence-corrected chi connectivity index (χ0v) is 14.4. The molecule has 1 aromatic rings. The third-order valence-corrected chi connectivity index (χ3v) is 4.24. The van der Waals surface area contributed by atoms with Crippen molar-refractivity contribution in [1.29, 1.82) is 0 Å². The molecule has 124 valence electrons. The highest BCUT2D eigenvalue weighted by atomic mass is 35.5. The first-order chi connectivity index (χ1) is 10.9. The fourth-order valence-corrected chi connectivity index (χ4v) is 2.60. The molecule has 1 aliphatic heterocycles. The van der Waals surface area contributed by atoms with E-state index in [9.17, 15) is 9.59 Å². The molecule has 1 aromatic carbocycles. The van der Waals surface area contributed by atoms with Crippen LogP contribution in [0.1, 0.15) is 38.3 Å². The Hall–Kier alpha value is -1.72. The highest BCUT2D eigenvalue weighted by Gasteiger charge is 2.32. The van der Waals surface area contributed by atoms with Crippen LogP contribution < -0.4 is 10.6 Å². The molecule has 0 radical (unpaired) electrons. The van der Waals surface area contributed by atoms with Gasteiger partial charge in [-0.15, -0.1) is 0 Å². The zero-order valence-electron chi connectivity index (χ0n) is 12.9. The molecular weight excluding hydrogens is 339 g/mol. The number of carbonyl (C=O) groups excluding carboxylic acids is 2. The molecule has 0 aromatic heterocycles. The maximum Gasteiger partial charge on any atom is 0.338 e. The normalized spacial score (nSPS) is 17.6. The first-order valence-corrected chi connectivity index (χ1v) is 8.10. The Kier molecular flexibility index (Phi) is 5.91. The van der Waals surface area contributed by atoms with Crippen LogP contribution >= 0.6 is 23.2 Å². The molecule has 2 N–H and O–H groups in total. The van der Waals surface area contributed by atoms with Crippen LogP contribution in [0.3, 0.4) is 0 Å². The van der Waals surface area contributed by atoms with Gasteiger partial charge in [0.25, 0.3) is 0 Å². The second-order valence-electron chi connectivity index (χ2n) is 5.23. The van der Waals surface area contributed by atoms with Crippen LogP contribution in [0.25, 0.3) is 0 Å². The van der Waals surface area contributed by atoms with Crippen LogP contribution in [-0.2, 0) is 9.53 Å². The second-order valence-corrected chi connectivity index (χ2v) is 6.05. The molecule has 23 heavy (non-hydrogen) atoms. The number of esters is 1. The van der Waals surface area contributed by atoms with E-state index in [0.29, 0.717) is 33.5 Å². The molecule has 2 amide bonds. The summed E-state index contributed by atoms with van der Waals surface area (Å²) in [5, 5.41) is 6.08. The summed E-state index contributed by atoms with van der Waals surface area (Å²) in [7, 11) is 0. The van der Waals surface area contributed by atoms with Crippen molar-refractivity contribution in [3.05, 3.63) is 45.1 Å². The van der Waals surface area contributed by atoms with Gasteiger partial charge in [-0.2, -0.15) is 0 Å². The summed E-state index contributed by atoms with van der Waals surface area (Å²) < 4.78 is 5.29. The Morgan fingerprint density at radius 3 is 2.70 bits per heavy atom. The summed E-state index contributed by atoms with van der Waals surface area (Å²) in [5.74, 6) is -0.459. The number of unbranched alkanes of at least 4 members (excludes halogenated alkanes) is 1. The zero-order chi connectivity index (χ0) is 17.0. The fraction of sp³-hybridized carbons (Fsp3) is 0.375. The molecule has 1 unspecified atom stereocenters. The van der Waals surface area contributed by atoms with Crippen molar-refractivity contribution < 1.29 is 14.3 Å². The van der Waals surface area contributed by atoms with Gasteiger partial charge in [0.05, 0.1) is 28.3 Å². The standard InChI is InChI=1S/C16H18Cl2N2O3/c1-3-4-7-23-15(21)13-9(2)19-16(22)20-14(13)10-5-6-11(17)12(18)8-10/h5-6,8,14H,3-4,7H2,1-2H3,(H2,19,20,22). The summed E-state index contributed by atoms with van der Waals surface area (Å²) in [5.41, 5.74) is 1.49. The van der Waals surface area contributed by atoms with E-state index in [-0.39, 0.29) is 6.03 Å². The average molecular weight is 357 g/mol. The Morgan fingerprint density at radius 2 is 2.04 bits per heavy atom. The lowest BCUT2D eigenvalue weighted by Crippen LogP contribution is -2.45. The molecule has 1 aliphatic rings. The quantitative estimate of drug-likeness (QED) is 0.619. The number of halogens is 2. The molecule has 0 saturated heterocycles. The van der Waals surface area contributed by atoms with Crippen molar-refractivity contribution in [2.75, 3.05) is 6.61 Å². The van der Waals surface area contributed by atoms with Gasteiger partial charge < -0.3 is 15.4 Å². The molecule has 0 fully saturated rings. The fourth-order valence-electron chi connectivity index (χ4n) is 2.29. The minimum absolute atomic E-state index is 0.341. The van der Waals surface area contributed by atoms with Gasteiger partial charge in [-0.3, -0.25) is 0 Å². The highest BCUT2D eigenvalue weighted by molar-refractivity contribution is 6.42. The third-order valence-electron chi connectivity index (χ3n) is 3.50. The number of hydrogen-bond donors (Lipinski definition) is 2. The summed E-state index contributed by atoms with van der Waals surface area (Å²) in [6.07, 6.45) is 1.71. The number of hydrogen-bond acceptors (Lipinski definition) is 3. The van der Waals surface area contributed by atoms with Crippen molar-refractivity contribution in [2.24, 2.45) is 0 Å². The molecule has 1 heterocycles. The van der Waals surface area contributed by atoms with E-state index in [0.717, 1.165) is 12.8 Å². The van der Waals surface area contributed by atoms with E-state index in [1.165, 1.54) is 0 Å². The number of allylic oxidation sites excluding steroid dienone is 1. The number of urea groups is 1. The Morgan fingerprint density at radius 1 is 1.30 bits per heavy atom. The highest BCUT2D eigenvalue weighted by Crippen LogP contribution is 2.31. The van der Waals surface area contributed by atoms with Crippen molar-refractivity contribution >= 4 is 35.2 Å². The van der Waals surface area contributed by atoms with Crippen LogP contribution in [0.15, 0.2) is 29.5 Å². The van der Waals surface area contributed by atoms with Gasteiger partial charge in [0.15, 0.2) is 0 Å². The number of benzene rings is 1. The molecule has 1 atom stereocenters. The van der Waals surface area contributed by atoms with E-state index >= 15 is 0 Å². The first kappa shape index (κ1) is 17.6. The lowest BCUT2D eigenvalue weighted by atomic mass is 9.95. The number of ether oxygens (including phenoxy) is 1. The summed E-state index contributed by atoms with van der Waals surface area (Å²) in [6.45, 7) is 4.02. The van der Waals surface area contributed by atoms with Crippen LogP contribution in [-0.4, -0.2) is 18.6 Å². The van der Waals surface area contributed by atoms with E-state index in [4.69, 9.17) is 27.9 Å². The number of nitrogens with one attached hydrogen (secondary N) is 2. The molecule has 0 aliphatic carbocycles. The summed E-state index contributed by atoms with van der Waals surface area (Å²) in [4.78, 5) is 24.2. The predicted octanol–water partition coefficient (Wildman–Crippen LogP) is 3.96. The smallest absolute Gasteiger partial charge is 0.338 e. The summed E-state index contributed by atoms with van der Waals surface area (Å²) >= 11 is 12.0. The van der Waals surface area contributed by atoms with Gasteiger partial charge in [-0.1, -0.05) is 42.6 Å². The van der Waals surface area contributed by atoms with Crippen molar-refractivity contribution in [3.8, 4) is 0 Å². The predicted molar refractivity (Wildman–Crippen MR) is 89.4 cm³/mol. The van der Waals surface area contributed by atoms with Crippen LogP contribution in [0.5, 0.6) is 0 Å². The molecule has 0 spiro atoms. The van der Waals surface area contributed by atoms with Gasteiger partial charge in [-0.05, 0) is 31.0 Å². The minimum atomic E-state index is -0.632. The maximum atomic E-state index is 12.4. The second kappa shape index (κ2) is 7.70. The monoisotopic (exact) mass is 356 g/mol. The molecular formula is C16H18Cl2N2O3. The van der Waals surface area contributed by atoms with E-state index < -0.39 is 12.0 Å². The van der Waals surface area contributed by atoms with Crippen molar-refractivity contribution in [3.63, 3.8) is 0 Å². The van der Waals surface area contributed by atoms with Crippen LogP contribution in [0, 0.1) is 0 Å². The van der Waals surface area contributed by atoms with Crippen LogP contribution in [0.4, 0.5) is 4.79 Å². The lowest BCUT2D eigenvalue weighted by Gasteiger charge is -2.28. The SMILES string of the molecule is CCCCOC(=O)C1=C(C)NC(=O)NC1c1ccc(Cl)c(Cl)c1. The Balaban J connectivity index is 2.33. The van der Waals surface area contributed by atoms with E-state index in [2.05, 4.69) is 10.6 Å². The van der Waals surface area contributed by atoms with Crippen molar-refractivity contribution in [2.45, 2.75) is 32.7 Å². The average Bonchev–Trinajstić information content (AvgIpc) is 2.49. The van der Waals surface area contributed by atoms with Gasteiger partial charge >= 0.3 is 12.0 Å². The summed E-state index contributed by atoms with van der Waals surface area (Å²) in [6, 6.07) is 3.96. The van der Waals surface area contributed by atoms with Gasteiger partial charge in [0.2, 0.25) is 0 Å². The molecule has 2 rings (SSSR count). The number of rotatable bonds is 5. The Labute approximate surface area is 145 Å². The van der Waals surface area contributed by atoms with Gasteiger partial charge in [0.1, 0.15) is 0 Å². The third kappa shape index (κ3) is 4.18. The first-order valence-electron chi connectivity index (χ1n) is 7.34. The molecule has 0 bridgehead atoms. The minimum Gasteiger partial charge on any atom is -0.462 e. The van der Waals surface area contributed by atoms with Crippen LogP contribution in [0.2, 0.25) is 10.0 Å². The van der Waals surface area contributed by atoms with Gasteiger partial charge in [0, 0.05) is 5.70 Å². The molecule has 5 nitrogen and oxygen atoms in total. The van der Waals surface area contributed by atoms with E-state index in [1.54, 1.807) is 25.1 Å². The lowest BCUT2D eigenvalue weighted by molar-refractivity contribution is -0.139. The number of carbonyl (C=O) groups is 2. The Bertz CT molecular complexity index is 659.